The molecule has 1 heterocycles. The monoisotopic (exact) mass is 251 g/mol. The van der Waals surface area contributed by atoms with Gasteiger partial charge in [0.2, 0.25) is 0 Å². The molecule has 5 heteroatoms. The summed E-state index contributed by atoms with van der Waals surface area (Å²) >= 11 is 5.81. The predicted octanol–water partition coefficient (Wildman–Crippen LogP) is 2.54. The number of hydrogen-bond acceptors (Lipinski definition) is 3. The van der Waals surface area contributed by atoms with Gasteiger partial charge >= 0.3 is 0 Å². The van der Waals surface area contributed by atoms with Gasteiger partial charge < -0.3 is 5.11 Å². The van der Waals surface area contributed by atoms with Crippen molar-refractivity contribution in [1.82, 2.24) is 15.0 Å². The van der Waals surface area contributed by atoms with Gasteiger partial charge in [0.05, 0.1) is 11.9 Å². The van der Waals surface area contributed by atoms with Crippen LogP contribution in [0.2, 0.25) is 5.02 Å². The van der Waals surface area contributed by atoms with E-state index in [1.807, 2.05) is 19.1 Å². The van der Waals surface area contributed by atoms with Crippen LogP contribution in [0.25, 0.3) is 5.69 Å². The maximum absolute atomic E-state index is 10.1. The molecule has 2 rings (SSSR count). The van der Waals surface area contributed by atoms with E-state index in [-0.39, 0.29) is 0 Å². The number of aliphatic hydroxyl groups is 1. The first-order chi connectivity index (χ1) is 8.03. The van der Waals surface area contributed by atoms with E-state index in [0.717, 1.165) is 5.69 Å². The maximum atomic E-state index is 10.1. The van der Waals surface area contributed by atoms with Crippen LogP contribution in [0.3, 0.4) is 0 Å². The van der Waals surface area contributed by atoms with Crippen LogP contribution in [0.5, 0.6) is 0 Å². The molecule has 0 aliphatic rings. The van der Waals surface area contributed by atoms with Gasteiger partial charge in [0, 0.05) is 5.02 Å². The summed E-state index contributed by atoms with van der Waals surface area (Å²) < 4.78 is 1.62. The van der Waals surface area contributed by atoms with Crippen molar-refractivity contribution in [1.29, 1.82) is 0 Å². The molecule has 0 aliphatic heterocycles. The molecule has 0 amide bonds. The van der Waals surface area contributed by atoms with Crippen molar-refractivity contribution in [2.45, 2.75) is 25.9 Å². The molecule has 0 saturated heterocycles. The molecule has 0 saturated carbocycles. The first-order valence-electron chi connectivity index (χ1n) is 5.44. The van der Waals surface area contributed by atoms with Crippen molar-refractivity contribution < 1.29 is 5.11 Å². The van der Waals surface area contributed by atoms with Gasteiger partial charge in [0.1, 0.15) is 11.3 Å². The Balaban J connectivity index is 2.33. The molecule has 17 heavy (non-hydrogen) atoms. The molecular weight excluding hydrogens is 238 g/mol. The summed E-state index contributed by atoms with van der Waals surface area (Å²) in [6.07, 6.45) is 2.32. The second-order valence-electron chi connectivity index (χ2n) is 4.15. The molecular formula is C12H14ClN3O. The molecule has 90 valence electrons. The highest BCUT2D eigenvalue weighted by Crippen LogP contribution is 2.22. The van der Waals surface area contributed by atoms with Crippen molar-refractivity contribution in [2.24, 2.45) is 0 Å². The van der Waals surface area contributed by atoms with E-state index in [1.165, 1.54) is 0 Å². The fraction of sp³-hybridized carbons (Fsp3) is 0.333. The maximum Gasteiger partial charge on any atom is 0.114 e. The Labute approximate surface area is 105 Å². The minimum absolute atomic E-state index is 0.565. The fourth-order valence-corrected chi connectivity index (χ4v) is 1.54. The third-order valence-electron chi connectivity index (χ3n) is 2.82. The Hall–Kier alpha value is -1.39. The molecule has 1 N–H and O–H groups in total. The van der Waals surface area contributed by atoms with Gasteiger partial charge in [-0.3, -0.25) is 0 Å². The highest BCUT2D eigenvalue weighted by molar-refractivity contribution is 6.30. The average Bonchev–Trinajstić information content (AvgIpc) is 2.80. The van der Waals surface area contributed by atoms with Crippen LogP contribution in [0.4, 0.5) is 0 Å². The average molecular weight is 252 g/mol. The summed E-state index contributed by atoms with van der Waals surface area (Å²) in [5, 5.41) is 18.7. The molecule has 1 aromatic heterocycles. The lowest BCUT2D eigenvalue weighted by molar-refractivity contribution is 0.0484. The largest absolute Gasteiger partial charge is 0.384 e. The zero-order valence-corrected chi connectivity index (χ0v) is 10.5. The Morgan fingerprint density at radius 1 is 1.35 bits per heavy atom. The summed E-state index contributed by atoms with van der Waals surface area (Å²) in [4.78, 5) is 0. The van der Waals surface area contributed by atoms with E-state index in [4.69, 9.17) is 11.6 Å². The standard InChI is InChI=1S/C12H14ClN3O/c1-3-12(2,17)11-8-16(15-14-11)10-6-4-9(13)5-7-10/h4-8,17H,3H2,1-2H3/t12-/m0/s1. The van der Waals surface area contributed by atoms with Crippen LogP contribution in [0.15, 0.2) is 30.5 Å². The van der Waals surface area contributed by atoms with Crippen molar-refractivity contribution in [3.05, 3.63) is 41.2 Å². The molecule has 4 nitrogen and oxygen atoms in total. The summed E-state index contributed by atoms with van der Waals surface area (Å²) in [5.41, 5.74) is 0.486. The van der Waals surface area contributed by atoms with Crippen LogP contribution >= 0.6 is 11.6 Å². The minimum Gasteiger partial charge on any atom is -0.384 e. The lowest BCUT2D eigenvalue weighted by atomic mass is 10.0. The summed E-state index contributed by atoms with van der Waals surface area (Å²) in [5.74, 6) is 0. The van der Waals surface area contributed by atoms with Crippen molar-refractivity contribution in [2.75, 3.05) is 0 Å². The van der Waals surface area contributed by atoms with E-state index in [2.05, 4.69) is 10.3 Å². The van der Waals surface area contributed by atoms with E-state index >= 15 is 0 Å². The Morgan fingerprint density at radius 3 is 2.59 bits per heavy atom. The highest BCUT2D eigenvalue weighted by Gasteiger charge is 2.24. The number of rotatable bonds is 3. The van der Waals surface area contributed by atoms with Gasteiger partial charge in [-0.1, -0.05) is 23.7 Å². The van der Waals surface area contributed by atoms with Gasteiger partial charge in [0.15, 0.2) is 0 Å². The van der Waals surface area contributed by atoms with Crippen LogP contribution in [-0.2, 0) is 5.60 Å². The first-order valence-corrected chi connectivity index (χ1v) is 5.82. The molecule has 1 aromatic carbocycles. The van der Waals surface area contributed by atoms with Gasteiger partial charge in [-0.2, -0.15) is 0 Å². The van der Waals surface area contributed by atoms with Crippen LogP contribution in [-0.4, -0.2) is 20.1 Å². The Morgan fingerprint density at radius 2 is 2.00 bits per heavy atom. The smallest absolute Gasteiger partial charge is 0.114 e. The lowest BCUT2D eigenvalue weighted by Gasteiger charge is -2.16. The minimum atomic E-state index is -0.940. The third kappa shape index (κ3) is 2.48. The molecule has 0 aliphatic carbocycles. The SMILES string of the molecule is CC[C@](C)(O)c1cn(-c2ccc(Cl)cc2)nn1. The topological polar surface area (TPSA) is 50.9 Å². The molecule has 0 fully saturated rings. The predicted molar refractivity (Wildman–Crippen MR) is 66.2 cm³/mol. The molecule has 0 radical (unpaired) electrons. The third-order valence-corrected chi connectivity index (χ3v) is 3.08. The Kier molecular flexibility index (Phi) is 3.17. The summed E-state index contributed by atoms with van der Waals surface area (Å²) in [6.45, 7) is 3.63. The molecule has 0 bridgehead atoms. The Bertz CT molecular complexity index is 505. The number of halogens is 1. The lowest BCUT2D eigenvalue weighted by Crippen LogP contribution is -2.20. The second-order valence-corrected chi connectivity index (χ2v) is 4.59. The van der Waals surface area contributed by atoms with Crippen LogP contribution in [0.1, 0.15) is 26.0 Å². The van der Waals surface area contributed by atoms with E-state index in [9.17, 15) is 5.11 Å². The molecule has 2 aromatic rings. The van der Waals surface area contributed by atoms with E-state index in [1.54, 1.807) is 29.9 Å². The number of benzene rings is 1. The fourth-order valence-electron chi connectivity index (χ4n) is 1.41. The highest BCUT2D eigenvalue weighted by atomic mass is 35.5. The summed E-state index contributed by atoms with van der Waals surface area (Å²) in [7, 11) is 0. The van der Waals surface area contributed by atoms with Gasteiger partial charge in [-0.05, 0) is 37.6 Å². The first kappa shape index (κ1) is 12.1. The van der Waals surface area contributed by atoms with Crippen molar-refractivity contribution in [3.8, 4) is 5.69 Å². The summed E-state index contributed by atoms with van der Waals surface area (Å²) in [6, 6.07) is 7.27. The van der Waals surface area contributed by atoms with Gasteiger partial charge in [-0.15, -0.1) is 5.10 Å². The van der Waals surface area contributed by atoms with Crippen LogP contribution in [0, 0.1) is 0 Å². The van der Waals surface area contributed by atoms with Crippen LogP contribution < -0.4 is 0 Å². The van der Waals surface area contributed by atoms with E-state index < -0.39 is 5.60 Å². The zero-order valence-electron chi connectivity index (χ0n) is 9.76. The van der Waals surface area contributed by atoms with Crippen molar-refractivity contribution >= 4 is 11.6 Å². The molecule has 1 atom stereocenters. The van der Waals surface area contributed by atoms with Gasteiger partial charge in [-0.25, -0.2) is 4.68 Å². The molecule has 0 unspecified atom stereocenters. The van der Waals surface area contributed by atoms with Crippen molar-refractivity contribution in [3.63, 3.8) is 0 Å². The zero-order chi connectivity index (χ0) is 12.5. The molecule has 0 spiro atoms. The quantitative estimate of drug-likeness (QED) is 0.912. The van der Waals surface area contributed by atoms with E-state index in [0.29, 0.717) is 17.1 Å². The number of hydrogen-bond donors (Lipinski definition) is 1. The normalized spacial score (nSPS) is 14.6. The number of nitrogens with zero attached hydrogens (tertiary/aromatic N) is 3. The van der Waals surface area contributed by atoms with Gasteiger partial charge in [0.25, 0.3) is 0 Å². The second kappa shape index (κ2) is 4.47. The number of aromatic nitrogens is 3.